The van der Waals surface area contributed by atoms with Gasteiger partial charge in [-0.25, -0.2) is 4.98 Å². The summed E-state index contributed by atoms with van der Waals surface area (Å²) >= 11 is 0. The zero-order valence-electron chi connectivity index (χ0n) is 12.1. The number of aromatic nitrogens is 4. The maximum absolute atomic E-state index is 12.4. The van der Waals surface area contributed by atoms with Crippen LogP contribution in [0.3, 0.4) is 0 Å². The number of benzene rings is 1. The second-order valence-electron chi connectivity index (χ2n) is 5.75. The maximum atomic E-state index is 12.4. The minimum Gasteiger partial charge on any atom is -0.352 e. The van der Waals surface area contributed by atoms with E-state index >= 15 is 0 Å². The SMILES string of the molecule is O=C(NC[C@H]1CCn2ccnc2C1)c1cccc2cn[nH]c12. The topological polar surface area (TPSA) is 75.6 Å². The quantitative estimate of drug-likeness (QED) is 0.773. The Morgan fingerprint density at radius 1 is 1.45 bits per heavy atom. The lowest BCUT2D eigenvalue weighted by atomic mass is 9.97. The number of hydrogen-bond acceptors (Lipinski definition) is 3. The van der Waals surface area contributed by atoms with Crippen LogP contribution in [-0.2, 0) is 13.0 Å². The molecule has 0 fully saturated rings. The van der Waals surface area contributed by atoms with Crippen LogP contribution in [0.5, 0.6) is 0 Å². The summed E-state index contributed by atoms with van der Waals surface area (Å²) in [6, 6.07) is 5.64. The Kier molecular flexibility index (Phi) is 3.14. The highest BCUT2D eigenvalue weighted by molar-refractivity contribution is 6.05. The first kappa shape index (κ1) is 13.1. The van der Waals surface area contributed by atoms with Gasteiger partial charge in [-0.05, 0) is 18.4 Å². The largest absolute Gasteiger partial charge is 0.352 e. The number of nitrogens with one attached hydrogen (secondary N) is 2. The first-order valence-corrected chi connectivity index (χ1v) is 7.51. The number of carbonyl (C=O) groups excluding carboxylic acids is 1. The van der Waals surface area contributed by atoms with E-state index in [0.29, 0.717) is 18.0 Å². The number of aryl methyl sites for hydroxylation is 1. The van der Waals surface area contributed by atoms with Crippen molar-refractivity contribution >= 4 is 16.8 Å². The Balaban J connectivity index is 1.44. The minimum atomic E-state index is -0.0521. The number of para-hydroxylation sites is 1. The van der Waals surface area contributed by atoms with Gasteiger partial charge >= 0.3 is 0 Å². The molecule has 0 radical (unpaired) electrons. The third kappa shape index (κ3) is 2.26. The average Bonchev–Trinajstić information content (AvgIpc) is 3.20. The van der Waals surface area contributed by atoms with Gasteiger partial charge in [0, 0.05) is 37.3 Å². The fourth-order valence-corrected chi connectivity index (χ4v) is 3.08. The Morgan fingerprint density at radius 3 is 3.36 bits per heavy atom. The molecule has 6 heteroatoms. The predicted molar refractivity (Wildman–Crippen MR) is 82.5 cm³/mol. The van der Waals surface area contributed by atoms with Crippen molar-refractivity contribution in [1.82, 2.24) is 25.1 Å². The van der Waals surface area contributed by atoms with Crippen LogP contribution in [0.1, 0.15) is 22.6 Å². The number of rotatable bonds is 3. The number of hydrogen-bond donors (Lipinski definition) is 2. The van der Waals surface area contributed by atoms with Crippen LogP contribution in [0.2, 0.25) is 0 Å². The van der Waals surface area contributed by atoms with Crippen LogP contribution < -0.4 is 5.32 Å². The minimum absolute atomic E-state index is 0.0521. The smallest absolute Gasteiger partial charge is 0.253 e. The van der Waals surface area contributed by atoms with Gasteiger partial charge < -0.3 is 9.88 Å². The van der Waals surface area contributed by atoms with E-state index in [9.17, 15) is 4.79 Å². The first-order chi connectivity index (χ1) is 10.8. The molecule has 4 rings (SSSR count). The molecule has 2 aromatic heterocycles. The summed E-state index contributed by atoms with van der Waals surface area (Å²) in [6.45, 7) is 1.65. The third-order valence-electron chi connectivity index (χ3n) is 4.32. The van der Waals surface area contributed by atoms with Crippen molar-refractivity contribution in [3.8, 4) is 0 Å². The van der Waals surface area contributed by atoms with Crippen molar-refractivity contribution in [3.05, 3.63) is 48.2 Å². The van der Waals surface area contributed by atoms with E-state index in [1.807, 2.05) is 30.6 Å². The van der Waals surface area contributed by atoms with E-state index in [4.69, 9.17) is 0 Å². The molecular formula is C16H17N5O. The summed E-state index contributed by atoms with van der Waals surface area (Å²) < 4.78 is 2.18. The zero-order chi connectivity index (χ0) is 14.9. The second kappa shape index (κ2) is 5.29. The number of imidazole rings is 1. The summed E-state index contributed by atoms with van der Waals surface area (Å²) in [5.41, 5.74) is 1.44. The Morgan fingerprint density at radius 2 is 2.41 bits per heavy atom. The van der Waals surface area contributed by atoms with Gasteiger partial charge in [0.15, 0.2) is 0 Å². The van der Waals surface area contributed by atoms with Crippen LogP contribution in [0.15, 0.2) is 36.8 Å². The molecule has 2 N–H and O–H groups in total. The van der Waals surface area contributed by atoms with Crippen molar-refractivity contribution in [2.45, 2.75) is 19.4 Å². The van der Waals surface area contributed by atoms with Crippen LogP contribution in [-0.4, -0.2) is 32.2 Å². The summed E-state index contributed by atoms with van der Waals surface area (Å²) in [6.07, 6.45) is 7.57. The van der Waals surface area contributed by atoms with Gasteiger partial charge in [0.1, 0.15) is 5.82 Å². The van der Waals surface area contributed by atoms with Crippen molar-refractivity contribution in [2.24, 2.45) is 5.92 Å². The summed E-state index contributed by atoms with van der Waals surface area (Å²) in [5, 5.41) is 10.9. The lowest BCUT2D eigenvalue weighted by Gasteiger charge is -2.23. The average molecular weight is 295 g/mol. The molecule has 1 aliphatic rings. The Labute approximate surface area is 127 Å². The molecule has 1 aromatic carbocycles. The molecule has 1 amide bonds. The highest BCUT2D eigenvalue weighted by Crippen LogP contribution is 2.19. The summed E-state index contributed by atoms with van der Waals surface area (Å²) in [4.78, 5) is 16.8. The molecule has 1 atom stereocenters. The monoisotopic (exact) mass is 295 g/mol. The molecule has 0 bridgehead atoms. The lowest BCUT2D eigenvalue weighted by Crippen LogP contribution is -2.33. The van der Waals surface area contributed by atoms with E-state index < -0.39 is 0 Å². The summed E-state index contributed by atoms with van der Waals surface area (Å²) in [5.74, 6) is 1.50. The first-order valence-electron chi connectivity index (χ1n) is 7.51. The van der Waals surface area contributed by atoms with Crippen LogP contribution >= 0.6 is 0 Å². The van der Waals surface area contributed by atoms with Gasteiger partial charge in [-0.1, -0.05) is 12.1 Å². The molecule has 0 saturated heterocycles. The van der Waals surface area contributed by atoms with Gasteiger partial charge in [0.25, 0.3) is 5.91 Å². The molecule has 3 heterocycles. The fraction of sp³-hybridized carbons (Fsp3) is 0.312. The highest BCUT2D eigenvalue weighted by atomic mass is 16.1. The van der Waals surface area contributed by atoms with Crippen LogP contribution in [0, 0.1) is 5.92 Å². The van der Waals surface area contributed by atoms with Gasteiger partial charge in [0.2, 0.25) is 0 Å². The molecule has 0 aliphatic carbocycles. The van der Waals surface area contributed by atoms with E-state index in [1.54, 1.807) is 6.20 Å². The van der Waals surface area contributed by atoms with Crippen molar-refractivity contribution < 1.29 is 4.79 Å². The number of amides is 1. The fourth-order valence-electron chi connectivity index (χ4n) is 3.08. The van der Waals surface area contributed by atoms with Crippen molar-refractivity contribution in [1.29, 1.82) is 0 Å². The number of fused-ring (bicyclic) bond motifs is 2. The Bertz CT molecular complexity index is 819. The molecule has 1 aliphatic heterocycles. The number of nitrogens with zero attached hydrogens (tertiary/aromatic N) is 3. The van der Waals surface area contributed by atoms with Gasteiger partial charge in [-0.3, -0.25) is 9.89 Å². The van der Waals surface area contributed by atoms with E-state index in [2.05, 4.69) is 25.1 Å². The Hall–Kier alpha value is -2.63. The number of carbonyl (C=O) groups is 1. The van der Waals surface area contributed by atoms with Gasteiger partial charge in [-0.2, -0.15) is 5.10 Å². The highest BCUT2D eigenvalue weighted by Gasteiger charge is 2.20. The third-order valence-corrected chi connectivity index (χ3v) is 4.32. The molecule has 0 unspecified atom stereocenters. The van der Waals surface area contributed by atoms with E-state index in [1.165, 1.54) is 0 Å². The molecule has 6 nitrogen and oxygen atoms in total. The van der Waals surface area contributed by atoms with Crippen LogP contribution in [0.25, 0.3) is 10.9 Å². The molecular weight excluding hydrogens is 278 g/mol. The van der Waals surface area contributed by atoms with E-state index in [0.717, 1.165) is 36.1 Å². The van der Waals surface area contributed by atoms with Gasteiger partial charge in [0.05, 0.1) is 17.3 Å². The summed E-state index contributed by atoms with van der Waals surface area (Å²) in [7, 11) is 0. The standard InChI is InChI=1S/C16H17N5O/c22-16(13-3-1-2-12-10-19-20-15(12)13)18-9-11-4-6-21-7-5-17-14(21)8-11/h1-3,5,7,10-11H,4,6,8-9H2,(H,18,22)(H,19,20)/t11-/m0/s1. The van der Waals surface area contributed by atoms with Crippen LogP contribution in [0.4, 0.5) is 0 Å². The molecule has 0 spiro atoms. The van der Waals surface area contributed by atoms with Crippen molar-refractivity contribution in [2.75, 3.05) is 6.54 Å². The number of H-pyrrole nitrogens is 1. The van der Waals surface area contributed by atoms with E-state index in [-0.39, 0.29) is 5.91 Å². The molecule has 3 aromatic rings. The zero-order valence-corrected chi connectivity index (χ0v) is 12.1. The molecule has 0 saturated carbocycles. The maximum Gasteiger partial charge on any atom is 0.253 e. The molecule has 22 heavy (non-hydrogen) atoms. The van der Waals surface area contributed by atoms with Gasteiger partial charge in [-0.15, -0.1) is 0 Å². The number of aromatic amines is 1. The molecule has 112 valence electrons. The van der Waals surface area contributed by atoms with Crippen molar-refractivity contribution in [3.63, 3.8) is 0 Å². The second-order valence-corrected chi connectivity index (χ2v) is 5.75. The lowest BCUT2D eigenvalue weighted by molar-refractivity contribution is 0.0946. The predicted octanol–water partition coefficient (Wildman–Crippen LogP) is 1.75. The normalized spacial score (nSPS) is 17.4.